The molecule has 5 nitrogen and oxygen atoms in total. The van der Waals surface area contributed by atoms with Crippen molar-refractivity contribution in [2.45, 2.75) is 12.5 Å². The summed E-state index contributed by atoms with van der Waals surface area (Å²) in [6.07, 6.45) is 0.0196. The Morgan fingerprint density at radius 3 is 2.71 bits per heavy atom. The van der Waals surface area contributed by atoms with E-state index >= 15 is 0 Å². The molecule has 2 heterocycles. The summed E-state index contributed by atoms with van der Waals surface area (Å²) < 4.78 is 5.25. The normalized spacial score (nSPS) is 17.1. The first-order chi connectivity index (χ1) is 10.2. The summed E-state index contributed by atoms with van der Waals surface area (Å²) in [5.74, 6) is -0.637. The van der Waals surface area contributed by atoms with E-state index in [9.17, 15) is 14.7 Å². The second-order valence-corrected chi connectivity index (χ2v) is 5.66. The number of fused-ring (bicyclic) bond motifs is 1. The van der Waals surface area contributed by atoms with Gasteiger partial charge >= 0.3 is 12.1 Å². The van der Waals surface area contributed by atoms with E-state index in [1.165, 1.54) is 16.2 Å². The molecule has 21 heavy (non-hydrogen) atoms. The molecule has 2 aromatic rings. The third-order valence-corrected chi connectivity index (χ3v) is 4.38. The average Bonchev–Trinajstić information content (AvgIpc) is 2.95. The maximum absolute atomic E-state index is 12.3. The lowest BCUT2D eigenvalue weighted by atomic mass is 10.0. The van der Waals surface area contributed by atoms with Gasteiger partial charge in [0.25, 0.3) is 0 Å². The number of hydrogen-bond donors (Lipinski definition) is 1. The van der Waals surface area contributed by atoms with Crippen LogP contribution in [0.15, 0.2) is 41.8 Å². The fourth-order valence-corrected chi connectivity index (χ4v) is 3.33. The van der Waals surface area contributed by atoms with Crippen LogP contribution in [-0.4, -0.2) is 28.6 Å². The van der Waals surface area contributed by atoms with E-state index < -0.39 is 18.1 Å². The van der Waals surface area contributed by atoms with E-state index in [1.807, 2.05) is 11.4 Å². The highest BCUT2D eigenvalue weighted by atomic mass is 32.1. The number of aliphatic carboxylic acids is 1. The molecule has 0 radical (unpaired) electrons. The van der Waals surface area contributed by atoms with Crippen molar-refractivity contribution in [2.24, 2.45) is 0 Å². The van der Waals surface area contributed by atoms with E-state index in [0.29, 0.717) is 24.3 Å². The number of carboxylic acids is 1. The Morgan fingerprint density at radius 1 is 1.24 bits per heavy atom. The topological polar surface area (TPSA) is 66.8 Å². The third-order valence-electron chi connectivity index (χ3n) is 3.38. The Balaban J connectivity index is 1.84. The van der Waals surface area contributed by atoms with Gasteiger partial charge in [0.1, 0.15) is 5.75 Å². The molecule has 0 saturated carbocycles. The Morgan fingerprint density at radius 2 is 2.00 bits per heavy atom. The van der Waals surface area contributed by atoms with E-state index in [0.717, 1.165) is 4.88 Å². The second kappa shape index (κ2) is 5.57. The molecule has 3 rings (SSSR count). The largest absolute Gasteiger partial charge is 0.479 e. The summed E-state index contributed by atoms with van der Waals surface area (Å²) in [4.78, 5) is 26.1. The average molecular weight is 303 g/mol. The number of rotatable bonds is 2. The van der Waals surface area contributed by atoms with Gasteiger partial charge in [-0.25, -0.2) is 9.59 Å². The van der Waals surface area contributed by atoms with Crippen LogP contribution in [0.25, 0.3) is 0 Å². The Kier molecular flexibility index (Phi) is 3.62. The molecule has 108 valence electrons. The monoisotopic (exact) mass is 303 g/mol. The molecule has 1 amide bonds. The minimum atomic E-state index is -1.04. The minimum absolute atomic E-state index is 0.343. The van der Waals surface area contributed by atoms with Gasteiger partial charge in [0.15, 0.2) is 6.04 Å². The van der Waals surface area contributed by atoms with Crippen molar-refractivity contribution in [2.75, 3.05) is 6.54 Å². The van der Waals surface area contributed by atoms with E-state index in [4.69, 9.17) is 4.74 Å². The Bertz CT molecular complexity index is 667. The number of amides is 1. The molecule has 1 aromatic carbocycles. The summed E-state index contributed by atoms with van der Waals surface area (Å²) in [6.45, 7) is 0.343. The fourth-order valence-electron chi connectivity index (χ4n) is 2.43. The van der Waals surface area contributed by atoms with Crippen LogP contribution >= 0.6 is 11.3 Å². The number of benzene rings is 1. The fraction of sp³-hybridized carbons (Fsp3) is 0.200. The zero-order valence-corrected chi connectivity index (χ0v) is 11.9. The third kappa shape index (κ3) is 2.62. The number of nitrogens with zero attached hydrogens (tertiary/aromatic N) is 1. The lowest BCUT2D eigenvalue weighted by Gasteiger charge is -2.32. The first kappa shape index (κ1) is 13.6. The smallest absolute Gasteiger partial charge is 0.416 e. The maximum atomic E-state index is 12.3. The van der Waals surface area contributed by atoms with Crippen molar-refractivity contribution >= 4 is 23.4 Å². The molecule has 1 aliphatic rings. The lowest BCUT2D eigenvalue weighted by molar-refractivity contribution is -0.143. The molecule has 0 saturated heterocycles. The van der Waals surface area contributed by atoms with Crippen LogP contribution in [0.3, 0.4) is 0 Å². The van der Waals surface area contributed by atoms with Gasteiger partial charge in [0.05, 0.1) is 0 Å². The number of ether oxygens (including phenoxy) is 1. The van der Waals surface area contributed by atoms with Crippen LogP contribution in [-0.2, 0) is 11.2 Å². The molecule has 1 aliphatic heterocycles. The second-order valence-electron chi connectivity index (χ2n) is 4.66. The quantitative estimate of drug-likeness (QED) is 0.926. The summed E-state index contributed by atoms with van der Waals surface area (Å²) in [7, 11) is 0. The highest BCUT2D eigenvalue weighted by Gasteiger charge is 2.37. The molecule has 0 fully saturated rings. The molecule has 1 aromatic heterocycles. The first-order valence-corrected chi connectivity index (χ1v) is 7.37. The van der Waals surface area contributed by atoms with E-state index in [-0.39, 0.29) is 0 Å². The summed E-state index contributed by atoms with van der Waals surface area (Å²) in [5, 5.41) is 11.3. The van der Waals surface area contributed by atoms with Crippen LogP contribution in [0.2, 0.25) is 0 Å². The summed E-state index contributed by atoms with van der Waals surface area (Å²) >= 11 is 1.52. The standard InChI is InChI=1S/C15H13NO4S/c17-14(18)13-11-7-9-21-12(11)6-8-16(13)15(19)20-10-4-2-1-3-5-10/h1-5,7,9,13H,6,8H2,(H,17,18). The van der Waals surface area contributed by atoms with Crippen molar-refractivity contribution in [1.82, 2.24) is 4.90 Å². The highest BCUT2D eigenvalue weighted by Crippen LogP contribution is 2.33. The first-order valence-electron chi connectivity index (χ1n) is 6.49. The molecule has 1 atom stereocenters. The Labute approximate surface area is 125 Å². The predicted molar refractivity (Wildman–Crippen MR) is 77.6 cm³/mol. The number of hydrogen-bond acceptors (Lipinski definition) is 4. The molecule has 0 bridgehead atoms. The Hall–Kier alpha value is -2.34. The molecular weight excluding hydrogens is 290 g/mol. The molecule has 1 unspecified atom stereocenters. The van der Waals surface area contributed by atoms with Crippen LogP contribution in [0.4, 0.5) is 4.79 Å². The summed E-state index contributed by atoms with van der Waals surface area (Å²) in [5.41, 5.74) is 0.684. The molecular formula is C15H13NO4S. The molecule has 6 heteroatoms. The van der Waals surface area contributed by atoms with Crippen molar-refractivity contribution in [3.63, 3.8) is 0 Å². The van der Waals surface area contributed by atoms with Gasteiger partial charge in [-0.2, -0.15) is 0 Å². The predicted octanol–water partition coefficient (Wildman–Crippen LogP) is 2.93. The van der Waals surface area contributed by atoms with Gasteiger partial charge in [-0.15, -0.1) is 11.3 Å². The maximum Gasteiger partial charge on any atom is 0.416 e. The number of thiophene rings is 1. The van der Waals surface area contributed by atoms with Gasteiger partial charge < -0.3 is 9.84 Å². The van der Waals surface area contributed by atoms with Crippen LogP contribution in [0, 0.1) is 0 Å². The molecule has 1 N–H and O–H groups in total. The molecule has 0 aliphatic carbocycles. The number of carbonyl (C=O) groups excluding carboxylic acids is 1. The zero-order chi connectivity index (χ0) is 14.8. The van der Waals surface area contributed by atoms with E-state index in [1.54, 1.807) is 30.3 Å². The van der Waals surface area contributed by atoms with Crippen molar-refractivity contribution in [3.8, 4) is 5.75 Å². The molecule has 0 spiro atoms. The lowest BCUT2D eigenvalue weighted by Crippen LogP contribution is -2.44. The highest BCUT2D eigenvalue weighted by molar-refractivity contribution is 7.10. The number of carbonyl (C=O) groups is 2. The van der Waals surface area contributed by atoms with Crippen molar-refractivity contribution < 1.29 is 19.4 Å². The SMILES string of the molecule is O=C(O)C1c2ccsc2CCN1C(=O)Oc1ccccc1. The van der Waals surface area contributed by atoms with E-state index in [2.05, 4.69) is 0 Å². The minimum Gasteiger partial charge on any atom is -0.479 e. The van der Waals surface area contributed by atoms with Crippen LogP contribution in [0.1, 0.15) is 16.5 Å². The van der Waals surface area contributed by atoms with Crippen molar-refractivity contribution in [1.29, 1.82) is 0 Å². The van der Waals surface area contributed by atoms with Crippen LogP contribution in [0.5, 0.6) is 5.75 Å². The number of para-hydroxylation sites is 1. The van der Waals surface area contributed by atoms with Gasteiger partial charge in [-0.05, 0) is 35.6 Å². The van der Waals surface area contributed by atoms with Gasteiger partial charge in [-0.1, -0.05) is 18.2 Å². The van der Waals surface area contributed by atoms with Crippen molar-refractivity contribution in [3.05, 3.63) is 52.2 Å². The zero-order valence-electron chi connectivity index (χ0n) is 11.1. The number of carboxylic acid groups (broad SMARTS) is 1. The van der Waals surface area contributed by atoms with Gasteiger partial charge in [0, 0.05) is 11.4 Å². The summed E-state index contributed by atoms with van der Waals surface area (Å²) in [6, 6.07) is 9.43. The van der Waals surface area contributed by atoms with Gasteiger partial charge in [0.2, 0.25) is 0 Å². The van der Waals surface area contributed by atoms with Gasteiger partial charge in [-0.3, -0.25) is 4.90 Å². The van der Waals surface area contributed by atoms with Crippen LogP contribution < -0.4 is 4.74 Å².